The molecule has 1 aliphatic rings. The maximum Gasteiger partial charge on any atom is 0.257 e. The Morgan fingerprint density at radius 1 is 1.17 bits per heavy atom. The highest BCUT2D eigenvalue weighted by Crippen LogP contribution is 2.33. The second-order valence-electron chi connectivity index (χ2n) is 7.08. The Balaban J connectivity index is 1.41. The predicted molar refractivity (Wildman–Crippen MR) is 114 cm³/mol. The zero-order valence-corrected chi connectivity index (χ0v) is 17.0. The van der Waals surface area contributed by atoms with Crippen LogP contribution in [0.5, 0.6) is 0 Å². The summed E-state index contributed by atoms with van der Waals surface area (Å²) in [6.07, 6.45) is 2.87. The average molecular weight is 426 g/mol. The molecular formula is C23H21ClFN3O2. The summed E-state index contributed by atoms with van der Waals surface area (Å²) in [5.41, 5.74) is 2.75. The number of rotatable bonds is 7. The number of hydrogen-bond donors (Lipinski definition) is 1. The van der Waals surface area contributed by atoms with Crippen LogP contribution in [0.15, 0.2) is 76.4 Å². The fourth-order valence-electron chi connectivity index (χ4n) is 3.42. The van der Waals surface area contributed by atoms with Gasteiger partial charge in [-0.05, 0) is 60.5 Å². The van der Waals surface area contributed by atoms with E-state index in [2.05, 4.69) is 10.4 Å². The molecule has 4 rings (SSSR count). The van der Waals surface area contributed by atoms with Crippen LogP contribution in [0, 0.1) is 5.82 Å². The number of benzene rings is 2. The Hall–Kier alpha value is -2.96. The summed E-state index contributed by atoms with van der Waals surface area (Å²) in [7, 11) is 0. The summed E-state index contributed by atoms with van der Waals surface area (Å²) >= 11 is 5.98. The number of nitrogens with zero attached hydrogens (tertiary/aromatic N) is 2. The first-order chi connectivity index (χ1) is 14.6. The molecular weight excluding hydrogens is 405 g/mol. The van der Waals surface area contributed by atoms with Gasteiger partial charge in [0.25, 0.3) is 5.91 Å². The van der Waals surface area contributed by atoms with E-state index in [4.69, 9.17) is 16.0 Å². The van der Waals surface area contributed by atoms with Gasteiger partial charge in [0.2, 0.25) is 0 Å². The lowest BCUT2D eigenvalue weighted by molar-refractivity contribution is -0.132. The van der Waals surface area contributed by atoms with Crippen LogP contribution >= 0.6 is 11.6 Å². The van der Waals surface area contributed by atoms with Crippen LogP contribution in [0.1, 0.15) is 29.3 Å². The van der Waals surface area contributed by atoms with Crippen molar-refractivity contribution in [3.8, 4) is 0 Å². The van der Waals surface area contributed by atoms with Gasteiger partial charge in [-0.25, -0.2) is 9.40 Å². The lowest BCUT2D eigenvalue weighted by atomic mass is 10.0. The maximum atomic E-state index is 13.0. The van der Waals surface area contributed by atoms with Crippen molar-refractivity contribution in [2.24, 2.45) is 5.10 Å². The minimum absolute atomic E-state index is 0.139. The van der Waals surface area contributed by atoms with Gasteiger partial charge in [-0.1, -0.05) is 35.9 Å². The molecule has 30 heavy (non-hydrogen) atoms. The highest BCUT2D eigenvalue weighted by atomic mass is 35.5. The molecule has 0 saturated carbocycles. The van der Waals surface area contributed by atoms with E-state index in [1.54, 1.807) is 24.5 Å². The topological polar surface area (TPSA) is 57.8 Å². The summed E-state index contributed by atoms with van der Waals surface area (Å²) in [4.78, 5) is 12.9. The number of hydrazone groups is 1. The molecule has 154 valence electrons. The SMILES string of the molecule is O=C(CNCCc1ccc(F)cc1)N1N=C(c2ccc(Cl)cc2)C[C@@H]1c1ccco1. The van der Waals surface area contributed by atoms with Gasteiger partial charge in [0.15, 0.2) is 0 Å². The van der Waals surface area contributed by atoms with Crippen molar-refractivity contribution < 1.29 is 13.6 Å². The van der Waals surface area contributed by atoms with Crippen molar-refractivity contribution in [2.75, 3.05) is 13.1 Å². The van der Waals surface area contributed by atoms with Gasteiger partial charge >= 0.3 is 0 Å². The smallest absolute Gasteiger partial charge is 0.257 e. The third-order valence-corrected chi connectivity index (χ3v) is 5.25. The van der Waals surface area contributed by atoms with E-state index in [0.717, 1.165) is 16.8 Å². The molecule has 0 fully saturated rings. The monoisotopic (exact) mass is 425 g/mol. The van der Waals surface area contributed by atoms with E-state index in [9.17, 15) is 9.18 Å². The van der Waals surface area contributed by atoms with Crippen LogP contribution in [0.3, 0.4) is 0 Å². The van der Waals surface area contributed by atoms with Gasteiger partial charge in [-0.2, -0.15) is 5.10 Å². The van der Waals surface area contributed by atoms with Crippen LogP contribution in [0.4, 0.5) is 4.39 Å². The molecule has 5 nitrogen and oxygen atoms in total. The van der Waals surface area contributed by atoms with Crippen LogP contribution in [0.2, 0.25) is 5.02 Å². The van der Waals surface area contributed by atoms with E-state index < -0.39 is 0 Å². The van der Waals surface area contributed by atoms with Crippen molar-refractivity contribution in [3.63, 3.8) is 0 Å². The summed E-state index contributed by atoms with van der Waals surface area (Å²) in [5.74, 6) is 0.302. The number of furan rings is 1. The van der Waals surface area contributed by atoms with E-state index in [1.165, 1.54) is 17.1 Å². The molecule has 0 unspecified atom stereocenters. The van der Waals surface area contributed by atoms with Crippen LogP contribution in [-0.4, -0.2) is 29.7 Å². The van der Waals surface area contributed by atoms with Gasteiger partial charge in [-0.3, -0.25) is 4.79 Å². The molecule has 1 N–H and O–H groups in total. The molecule has 0 aliphatic carbocycles. The molecule has 1 atom stereocenters. The highest BCUT2D eigenvalue weighted by molar-refractivity contribution is 6.30. The molecule has 7 heteroatoms. The van der Waals surface area contributed by atoms with E-state index in [0.29, 0.717) is 30.2 Å². The number of amides is 1. The zero-order valence-electron chi connectivity index (χ0n) is 16.2. The van der Waals surface area contributed by atoms with E-state index in [1.807, 2.05) is 30.3 Å². The third kappa shape index (κ3) is 4.78. The van der Waals surface area contributed by atoms with Crippen molar-refractivity contribution >= 4 is 23.2 Å². The molecule has 0 bridgehead atoms. The molecule has 2 heterocycles. The first-order valence-electron chi connectivity index (χ1n) is 9.74. The standard InChI is InChI=1S/C23H21ClFN3O2/c24-18-7-5-17(6-8-18)20-14-21(22-2-1-13-30-22)28(27-20)23(29)15-26-12-11-16-3-9-19(25)10-4-16/h1-10,13,21,26H,11-12,14-15H2/t21-/m1/s1. The van der Waals surface area contributed by atoms with Crippen molar-refractivity contribution in [1.82, 2.24) is 10.3 Å². The molecule has 1 amide bonds. The molecule has 1 aromatic heterocycles. The third-order valence-electron chi connectivity index (χ3n) is 4.99. The fourth-order valence-corrected chi connectivity index (χ4v) is 3.55. The van der Waals surface area contributed by atoms with Crippen molar-refractivity contribution in [2.45, 2.75) is 18.9 Å². The Morgan fingerprint density at radius 3 is 2.63 bits per heavy atom. The maximum absolute atomic E-state index is 13.0. The number of carbonyl (C=O) groups is 1. The number of carbonyl (C=O) groups excluding carboxylic acids is 1. The zero-order chi connectivity index (χ0) is 20.9. The minimum atomic E-state index is -0.280. The normalized spacial score (nSPS) is 16.0. The van der Waals surface area contributed by atoms with Gasteiger partial charge < -0.3 is 9.73 Å². The summed E-state index contributed by atoms with van der Waals surface area (Å²) in [6, 6.07) is 17.2. The first kappa shape index (κ1) is 20.3. The van der Waals surface area contributed by atoms with Gasteiger partial charge in [0, 0.05) is 11.4 Å². The number of halogens is 2. The lowest BCUT2D eigenvalue weighted by Crippen LogP contribution is -2.36. The Bertz CT molecular complexity index is 1020. The largest absolute Gasteiger partial charge is 0.467 e. The van der Waals surface area contributed by atoms with Crippen molar-refractivity contribution in [3.05, 3.63) is 94.7 Å². The van der Waals surface area contributed by atoms with Crippen molar-refractivity contribution in [1.29, 1.82) is 0 Å². The molecule has 2 aromatic carbocycles. The van der Waals surface area contributed by atoms with Crippen LogP contribution in [-0.2, 0) is 11.2 Å². The highest BCUT2D eigenvalue weighted by Gasteiger charge is 2.34. The van der Waals surface area contributed by atoms with E-state index in [-0.39, 0.29) is 24.3 Å². The van der Waals surface area contributed by atoms with Gasteiger partial charge in [0.1, 0.15) is 17.6 Å². The Morgan fingerprint density at radius 2 is 1.93 bits per heavy atom. The molecule has 0 saturated heterocycles. The molecule has 0 spiro atoms. The van der Waals surface area contributed by atoms with Gasteiger partial charge in [-0.15, -0.1) is 0 Å². The summed E-state index contributed by atoms with van der Waals surface area (Å²) in [6.45, 7) is 0.750. The molecule has 1 aliphatic heterocycles. The Kier molecular flexibility index (Phi) is 6.26. The number of nitrogens with one attached hydrogen (secondary N) is 1. The quantitative estimate of drug-likeness (QED) is 0.563. The fraction of sp³-hybridized carbons (Fsp3) is 0.217. The second-order valence-corrected chi connectivity index (χ2v) is 7.52. The Labute approximate surface area is 179 Å². The first-order valence-corrected chi connectivity index (χ1v) is 10.1. The van der Waals surface area contributed by atoms with Gasteiger partial charge in [0.05, 0.1) is 18.5 Å². The van der Waals surface area contributed by atoms with Crippen LogP contribution < -0.4 is 5.32 Å². The average Bonchev–Trinajstić information content (AvgIpc) is 3.43. The predicted octanol–water partition coefficient (Wildman–Crippen LogP) is 4.58. The molecule has 0 radical (unpaired) electrons. The summed E-state index contributed by atoms with van der Waals surface area (Å²) in [5, 5.41) is 9.88. The van der Waals surface area contributed by atoms with E-state index >= 15 is 0 Å². The summed E-state index contributed by atoms with van der Waals surface area (Å²) < 4.78 is 18.5. The lowest BCUT2D eigenvalue weighted by Gasteiger charge is -2.20. The molecule has 3 aromatic rings. The minimum Gasteiger partial charge on any atom is -0.467 e. The van der Waals surface area contributed by atoms with Crippen LogP contribution in [0.25, 0.3) is 0 Å². The second kappa shape index (κ2) is 9.24. The number of hydrogen-bond acceptors (Lipinski definition) is 4.